The first-order chi connectivity index (χ1) is 21.6. The lowest BCUT2D eigenvalue weighted by atomic mass is 9.99. The van der Waals surface area contributed by atoms with Gasteiger partial charge < -0.3 is 14.4 Å². The highest BCUT2D eigenvalue weighted by atomic mass is 16.6. The van der Waals surface area contributed by atoms with Crippen LogP contribution in [0.5, 0.6) is 5.75 Å². The molecule has 6 rings (SSSR count). The number of carbonyl (C=O) groups excluding carboxylic acids is 1. The van der Waals surface area contributed by atoms with Crippen LogP contribution in [0, 0.1) is 11.3 Å². The van der Waals surface area contributed by atoms with Crippen molar-refractivity contribution in [2.24, 2.45) is 0 Å². The number of hydrogen-bond acceptors (Lipinski definition) is 6. The molecular formula is C36H30N4O4. The van der Waals surface area contributed by atoms with E-state index < -0.39 is 0 Å². The second kappa shape index (κ2) is 13.1. The van der Waals surface area contributed by atoms with Gasteiger partial charge in [-0.25, -0.2) is 4.79 Å². The van der Waals surface area contributed by atoms with Crippen LogP contribution in [0.3, 0.4) is 0 Å². The maximum atomic E-state index is 13.9. The molecule has 0 N–H and O–H groups in total. The molecule has 0 saturated carbocycles. The number of pyridine rings is 2. The zero-order valence-corrected chi connectivity index (χ0v) is 24.0. The molecule has 1 amide bonds. The second-order valence-corrected chi connectivity index (χ2v) is 10.5. The van der Waals surface area contributed by atoms with Gasteiger partial charge in [0.15, 0.2) is 0 Å². The van der Waals surface area contributed by atoms with Crippen LogP contribution in [0.25, 0.3) is 28.1 Å². The van der Waals surface area contributed by atoms with Gasteiger partial charge in [-0.3, -0.25) is 14.3 Å². The van der Waals surface area contributed by atoms with E-state index in [-0.39, 0.29) is 24.4 Å². The van der Waals surface area contributed by atoms with Crippen LogP contribution in [0.1, 0.15) is 24.0 Å². The third-order valence-corrected chi connectivity index (χ3v) is 7.62. The molecule has 3 aromatic carbocycles. The lowest BCUT2D eigenvalue weighted by molar-refractivity contribution is 0.0638. The summed E-state index contributed by atoms with van der Waals surface area (Å²) in [6.07, 6.45) is 4.38. The Kier molecular flexibility index (Phi) is 8.46. The largest absolute Gasteiger partial charge is 0.490 e. The van der Waals surface area contributed by atoms with Gasteiger partial charge in [0.05, 0.1) is 23.0 Å². The van der Waals surface area contributed by atoms with Gasteiger partial charge in [-0.05, 0) is 42.0 Å². The summed E-state index contributed by atoms with van der Waals surface area (Å²) in [6.45, 7) is 1.31. The fourth-order valence-corrected chi connectivity index (χ4v) is 5.32. The van der Waals surface area contributed by atoms with E-state index in [1.54, 1.807) is 46.1 Å². The molecule has 44 heavy (non-hydrogen) atoms. The minimum absolute atomic E-state index is 0.0851. The first-order valence-corrected chi connectivity index (χ1v) is 14.5. The number of nitrogens with zero attached hydrogens (tertiary/aromatic N) is 4. The molecule has 2 aromatic heterocycles. The molecule has 8 heteroatoms. The molecule has 0 atom stereocenters. The van der Waals surface area contributed by atoms with Crippen LogP contribution in [-0.4, -0.2) is 39.7 Å². The molecule has 1 aliphatic heterocycles. The van der Waals surface area contributed by atoms with Crippen LogP contribution in [-0.2, 0) is 11.3 Å². The Morgan fingerprint density at radius 2 is 1.66 bits per heavy atom. The third-order valence-electron chi connectivity index (χ3n) is 7.62. The van der Waals surface area contributed by atoms with Crippen LogP contribution in [0.2, 0.25) is 0 Å². The monoisotopic (exact) mass is 582 g/mol. The molecule has 1 fully saturated rings. The van der Waals surface area contributed by atoms with Gasteiger partial charge in [-0.1, -0.05) is 60.7 Å². The second-order valence-electron chi connectivity index (χ2n) is 10.5. The summed E-state index contributed by atoms with van der Waals surface area (Å²) in [5, 5.41) is 9.74. The molecule has 1 aliphatic rings. The van der Waals surface area contributed by atoms with Crippen molar-refractivity contribution in [1.29, 1.82) is 5.26 Å². The first kappa shape index (κ1) is 28.4. The van der Waals surface area contributed by atoms with Crippen LogP contribution in [0.15, 0.2) is 120 Å². The Balaban J connectivity index is 1.21. The van der Waals surface area contributed by atoms with Crippen LogP contribution in [0.4, 0.5) is 4.79 Å². The van der Waals surface area contributed by atoms with Crippen molar-refractivity contribution in [2.45, 2.75) is 25.6 Å². The summed E-state index contributed by atoms with van der Waals surface area (Å²) in [4.78, 5) is 32.7. The minimum Gasteiger partial charge on any atom is -0.490 e. The molecule has 0 unspecified atom stereocenters. The number of piperidine rings is 1. The number of amides is 1. The van der Waals surface area contributed by atoms with Crippen molar-refractivity contribution in [3.63, 3.8) is 0 Å². The smallest absolute Gasteiger partial charge is 0.410 e. The summed E-state index contributed by atoms with van der Waals surface area (Å²) in [5.41, 5.74) is 4.15. The zero-order chi connectivity index (χ0) is 30.3. The highest BCUT2D eigenvalue weighted by Gasteiger charge is 2.25. The minimum atomic E-state index is -0.324. The summed E-state index contributed by atoms with van der Waals surface area (Å²) >= 11 is 0. The van der Waals surface area contributed by atoms with E-state index in [0.29, 0.717) is 59.8 Å². The average Bonchev–Trinajstić information content (AvgIpc) is 3.08. The molecule has 5 aromatic rings. The van der Waals surface area contributed by atoms with E-state index in [1.807, 2.05) is 78.9 Å². The predicted octanol–water partition coefficient (Wildman–Crippen LogP) is 6.62. The Morgan fingerprint density at radius 3 is 2.43 bits per heavy atom. The van der Waals surface area contributed by atoms with Gasteiger partial charge in [-0.2, -0.15) is 5.26 Å². The van der Waals surface area contributed by atoms with Crippen LogP contribution < -0.4 is 10.3 Å². The normalized spacial score (nSPS) is 13.2. The maximum Gasteiger partial charge on any atom is 0.410 e. The summed E-state index contributed by atoms with van der Waals surface area (Å²) < 4.78 is 13.4. The Bertz CT molecular complexity index is 1860. The van der Waals surface area contributed by atoms with Gasteiger partial charge in [0.1, 0.15) is 18.5 Å². The molecule has 3 heterocycles. The van der Waals surface area contributed by atoms with Gasteiger partial charge >= 0.3 is 6.09 Å². The van der Waals surface area contributed by atoms with Gasteiger partial charge in [0.2, 0.25) is 0 Å². The van der Waals surface area contributed by atoms with Gasteiger partial charge in [0, 0.05) is 61.1 Å². The highest BCUT2D eigenvalue weighted by Crippen LogP contribution is 2.27. The number of benzene rings is 3. The lowest BCUT2D eigenvalue weighted by Crippen LogP contribution is -2.42. The fraction of sp³-hybridized carbons (Fsp3) is 0.167. The molecule has 0 radical (unpaired) electrons. The summed E-state index contributed by atoms with van der Waals surface area (Å²) in [5.74, 6) is 0.627. The number of nitriles is 1. The quantitative estimate of drug-likeness (QED) is 0.214. The molecule has 218 valence electrons. The van der Waals surface area contributed by atoms with E-state index in [0.717, 1.165) is 11.1 Å². The predicted molar refractivity (Wildman–Crippen MR) is 167 cm³/mol. The molecule has 0 bridgehead atoms. The Morgan fingerprint density at radius 1 is 0.886 bits per heavy atom. The molecule has 8 nitrogen and oxygen atoms in total. The van der Waals surface area contributed by atoms with E-state index >= 15 is 0 Å². The fourth-order valence-electron chi connectivity index (χ4n) is 5.32. The maximum absolute atomic E-state index is 13.9. The van der Waals surface area contributed by atoms with Crippen molar-refractivity contribution in [1.82, 2.24) is 14.5 Å². The van der Waals surface area contributed by atoms with Crippen molar-refractivity contribution >= 4 is 6.09 Å². The van der Waals surface area contributed by atoms with Gasteiger partial charge in [0.25, 0.3) is 5.56 Å². The third kappa shape index (κ3) is 6.37. The molecule has 1 saturated heterocycles. The number of likely N-dealkylation sites (tertiary alicyclic amines) is 1. The van der Waals surface area contributed by atoms with Crippen molar-refractivity contribution in [3.8, 4) is 39.9 Å². The topological polar surface area (TPSA) is 97.5 Å². The van der Waals surface area contributed by atoms with E-state index in [1.165, 1.54) is 0 Å². The SMILES string of the molecule is N#Cc1ccccc1-c1cc(-c2ccccn2)cn(-c2cccc(OC3CCN(C(=O)OCc4ccccc4)CC3)c2)c1=O. The Hall–Kier alpha value is -5.68. The number of aromatic nitrogens is 2. The number of hydrogen-bond donors (Lipinski definition) is 0. The highest BCUT2D eigenvalue weighted by molar-refractivity contribution is 5.75. The lowest BCUT2D eigenvalue weighted by Gasteiger charge is -2.31. The van der Waals surface area contributed by atoms with Crippen LogP contribution >= 0.6 is 0 Å². The number of ether oxygens (including phenoxy) is 2. The number of carbonyl (C=O) groups is 1. The molecule has 0 spiro atoms. The standard InChI is InChI=1S/C36H30N4O4/c37-23-27-11-4-5-14-32(27)33-21-28(34-15-6-7-18-38-34)24-40(35(33)41)29-12-8-13-31(22-29)44-30-16-19-39(20-17-30)36(42)43-25-26-9-2-1-3-10-26/h1-15,18,21-22,24,30H,16-17,19-20,25H2. The summed E-state index contributed by atoms with van der Waals surface area (Å²) in [6, 6.07) is 33.7. The average molecular weight is 583 g/mol. The summed E-state index contributed by atoms with van der Waals surface area (Å²) in [7, 11) is 0. The zero-order valence-electron chi connectivity index (χ0n) is 24.0. The van der Waals surface area contributed by atoms with Crippen molar-refractivity contribution in [2.75, 3.05) is 13.1 Å². The van der Waals surface area contributed by atoms with Crippen molar-refractivity contribution in [3.05, 3.63) is 137 Å². The first-order valence-electron chi connectivity index (χ1n) is 14.5. The van der Waals surface area contributed by atoms with E-state index in [9.17, 15) is 14.9 Å². The molecule has 0 aliphatic carbocycles. The van der Waals surface area contributed by atoms with Crippen molar-refractivity contribution < 1.29 is 14.3 Å². The van der Waals surface area contributed by atoms with Gasteiger partial charge in [-0.15, -0.1) is 0 Å². The van der Waals surface area contributed by atoms with E-state index in [4.69, 9.17) is 9.47 Å². The Labute approximate surface area is 255 Å². The number of rotatable bonds is 7. The molecular weight excluding hydrogens is 552 g/mol. The van der Waals surface area contributed by atoms with E-state index in [2.05, 4.69) is 11.1 Å².